The molecule has 1 aliphatic carbocycles. The predicted molar refractivity (Wildman–Crippen MR) is 79.5 cm³/mol. The minimum Gasteiger partial charge on any atom is -0.468 e. The largest absolute Gasteiger partial charge is 0.468 e. The van der Waals surface area contributed by atoms with Crippen molar-refractivity contribution in [3.8, 4) is 0 Å². The lowest BCUT2D eigenvalue weighted by molar-refractivity contribution is -0.142. The quantitative estimate of drug-likeness (QED) is 0.738. The molecule has 3 N–H and O–H groups in total. The highest BCUT2D eigenvalue weighted by atomic mass is 16.5. The summed E-state index contributed by atoms with van der Waals surface area (Å²) in [6.07, 6.45) is 3.39. The van der Waals surface area contributed by atoms with Gasteiger partial charge in [0.25, 0.3) is 0 Å². The van der Waals surface area contributed by atoms with E-state index in [1.54, 1.807) is 0 Å². The molecule has 1 fully saturated rings. The molecule has 1 aromatic carbocycles. The maximum absolute atomic E-state index is 12.0. The molecule has 0 radical (unpaired) electrons. The van der Waals surface area contributed by atoms with Crippen LogP contribution in [0.2, 0.25) is 0 Å². The van der Waals surface area contributed by atoms with E-state index >= 15 is 0 Å². The highest BCUT2D eigenvalue weighted by molar-refractivity contribution is 5.79. The third-order valence-electron chi connectivity index (χ3n) is 3.83. The van der Waals surface area contributed by atoms with E-state index < -0.39 is 12.0 Å². The van der Waals surface area contributed by atoms with Crippen LogP contribution in [0.15, 0.2) is 30.3 Å². The Morgan fingerprint density at radius 3 is 2.57 bits per heavy atom. The fourth-order valence-corrected chi connectivity index (χ4v) is 2.40. The van der Waals surface area contributed by atoms with Gasteiger partial charge >= 0.3 is 5.97 Å². The number of nitrogens with one attached hydrogen (secondary N) is 1. The number of esters is 1. The van der Waals surface area contributed by atoms with Crippen LogP contribution in [0.5, 0.6) is 0 Å². The lowest BCUT2D eigenvalue weighted by atomic mass is 10.0. The van der Waals surface area contributed by atoms with Gasteiger partial charge in [0.05, 0.1) is 7.11 Å². The molecule has 5 nitrogen and oxygen atoms in total. The molecule has 1 aromatic rings. The Labute approximate surface area is 124 Å². The van der Waals surface area contributed by atoms with E-state index in [1.807, 2.05) is 18.2 Å². The van der Waals surface area contributed by atoms with Gasteiger partial charge in [0.1, 0.15) is 6.04 Å². The first-order chi connectivity index (χ1) is 10.0. The Kier molecular flexibility index (Phi) is 4.96. The highest BCUT2D eigenvalue weighted by Gasteiger charge is 2.43. The molecular weight excluding hydrogens is 268 g/mol. The Morgan fingerprint density at radius 1 is 1.33 bits per heavy atom. The lowest BCUT2D eigenvalue weighted by Crippen LogP contribution is -2.40. The van der Waals surface area contributed by atoms with E-state index in [4.69, 9.17) is 5.73 Å². The fourth-order valence-electron chi connectivity index (χ4n) is 2.40. The molecule has 21 heavy (non-hydrogen) atoms. The number of carbonyl (C=O) groups is 2. The van der Waals surface area contributed by atoms with Crippen LogP contribution in [-0.4, -0.2) is 30.6 Å². The molecule has 1 amide bonds. The summed E-state index contributed by atoms with van der Waals surface area (Å²) in [6, 6.07) is 9.39. The molecule has 114 valence electrons. The van der Waals surface area contributed by atoms with Gasteiger partial charge in [-0.1, -0.05) is 30.3 Å². The number of benzene rings is 1. The number of hydrogen-bond donors (Lipinski definition) is 2. The van der Waals surface area contributed by atoms with Gasteiger partial charge in [-0.15, -0.1) is 0 Å². The van der Waals surface area contributed by atoms with E-state index in [1.165, 1.54) is 12.7 Å². The molecule has 0 heterocycles. The smallest absolute Gasteiger partial charge is 0.322 e. The maximum Gasteiger partial charge on any atom is 0.322 e. The summed E-state index contributed by atoms with van der Waals surface area (Å²) >= 11 is 0. The number of carbonyl (C=O) groups excluding carboxylic acids is 2. The zero-order chi connectivity index (χ0) is 15.3. The fraction of sp³-hybridized carbons (Fsp3) is 0.500. The number of methoxy groups -OCH3 is 1. The second-order valence-corrected chi connectivity index (χ2v) is 5.66. The third-order valence-corrected chi connectivity index (χ3v) is 3.83. The SMILES string of the molecule is COC(=O)[C@@H](N)CCC(=O)NC1(Cc2ccccc2)CC1. The standard InChI is InChI=1S/C16H22N2O3/c1-21-15(20)13(17)7-8-14(19)18-16(9-10-16)11-12-5-3-2-4-6-12/h2-6,13H,7-11,17H2,1H3,(H,18,19)/t13-/m0/s1. The maximum atomic E-state index is 12.0. The number of hydrogen-bond acceptors (Lipinski definition) is 4. The van der Waals surface area contributed by atoms with E-state index in [0.29, 0.717) is 6.42 Å². The monoisotopic (exact) mass is 290 g/mol. The van der Waals surface area contributed by atoms with Gasteiger partial charge in [-0.3, -0.25) is 9.59 Å². The molecular formula is C16H22N2O3. The molecule has 5 heteroatoms. The van der Waals surface area contributed by atoms with Crippen LogP contribution >= 0.6 is 0 Å². The predicted octanol–water partition coefficient (Wildman–Crippen LogP) is 1.16. The second kappa shape index (κ2) is 6.72. The Morgan fingerprint density at radius 2 is 2.00 bits per heavy atom. The number of amides is 1. The van der Waals surface area contributed by atoms with Crippen LogP contribution in [0, 0.1) is 0 Å². The molecule has 0 unspecified atom stereocenters. The molecule has 1 saturated carbocycles. The minimum absolute atomic E-state index is 0.0530. The van der Waals surface area contributed by atoms with Crippen LogP contribution in [0.4, 0.5) is 0 Å². The van der Waals surface area contributed by atoms with Gasteiger partial charge in [0.15, 0.2) is 0 Å². The first-order valence-corrected chi connectivity index (χ1v) is 7.23. The van der Waals surface area contributed by atoms with Crippen molar-refractivity contribution in [2.45, 2.75) is 43.7 Å². The van der Waals surface area contributed by atoms with E-state index in [2.05, 4.69) is 22.2 Å². The molecule has 2 rings (SSSR count). The summed E-state index contributed by atoms with van der Waals surface area (Å²) < 4.78 is 4.54. The molecule has 0 aliphatic heterocycles. The zero-order valence-corrected chi connectivity index (χ0v) is 12.3. The first-order valence-electron chi connectivity index (χ1n) is 7.23. The van der Waals surface area contributed by atoms with Crippen molar-refractivity contribution in [3.63, 3.8) is 0 Å². The Balaban J connectivity index is 1.78. The van der Waals surface area contributed by atoms with E-state index in [9.17, 15) is 9.59 Å². The molecule has 0 spiro atoms. The van der Waals surface area contributed by atoms with Crippen molar-refractivity contribution in [3.05, 3.63) is 35.9 Å². The first kappa shape index (κ1) is 15.5. The summed E-state index contributed by atoms with van der Waals surface area (Å²) in [5, 5.41) is 3.08. The van der Waals surface area contributed by atoms with Gasteiger partial charge < -0.3 is 15.8 Å². The van der Waals surface area contributed by atoms with E-state index in [-0.39, 0.29) is 17.9 Å². The second-order valence-electron chi connectivity index (χ2n) is 5.66. The summed E-state index contributed by atoms with van der Waals surface area (Å²) in [4.78, 5) is 23.2. The van der Waals surface area contributed by atoms with Crippen molar-refractivity contribution >= 4 is 11.9 Å². The van der Waals surface area contributed by atoms with Gasteiger partial charge in [-0.25, -0.2) is 0 Å². The van der Waals surface area contributed by atoms with Crippen LogP contribution < -0.4 is 11.1 Å². The number of rotatable bonds is 7. The van der Waals surface area contributed by atoms with Crippen molar-refractivity contribution < 1.29 is 14.3 Å². The lowest BCUT2D eigenvalue weighted by Gasteiger charge is -2.18. The van der Waals surface area contributed by atoms with Crippen LogP contribution in [-0.2, 0) is 20.7 Å². The van der Waals surface area contributed by atoms with Gasteiger partial charge in [0.2, 0.25) is 5.91 Å². The zero-order valence-electron chi connectivity index (χ0n) is 12.3. The third kappa shape index (κ3) is 4.56. The summed E-state index contributed by atoms with van der Waals surface area (Å²) in [5.41, 5.74) is 6.74. The molecule has 0 saturated heterocycles. The molecule has 1 atom stereocenters. The summed E-state index contributed by atoms with van der Waals surface area (Å²) in [6.45, 7) is 0. The van der Waals surface area contributed by atoms with Crippen LogP contribution in [0.1, 0.15) is 31.2 Å². The topological polar surface area (TPSA) is 81.4 Å². The van der Waals surface area contributed by atoms with E-state index in [0.717, 1.165) is 19.3 Å². The van der Waals surface area contributed by atoms with Gasteiger partial charge in [-0.05, 0) is 31.2 Å². The average molecular weight is 290 g/mol. The molecule has 0 bridgehead atoms. The van der Waals surface area contributed by atoms with Crippen molar-refractivity contribution in [1.29, 1.82) is 0 Å². The van der Waals surface area contributed by atoms with Crippen molar-refractivity contribution in [1.82, 2.24) is 5.32 Å². The molecule has 0 aromatic heterocycles. The summed E-state index contributed by atoms with van der Waals surface area (Å²) in [5.74, 6) is -0.531. The molecule has 1 aliphatic rings. The number of ether oxygens (including phenoxy) is 1. The minimum atomic E-state index is -0.731. The van der Waals surface area contributed by atoms with Crippen LogP contribution in [0.25, 0.3) is 0 Å². The van der Waals surface area contributed by atoms with Gasteiger partial charge in [-0.2, -0.15) is 0 Å². The Hall–Kier alpha value is -1.88. The normalized spacial score (nSPS) is 16.9. The van der Waals surface area contributed by atoms with Crippen molar-refractivity contribution in [2.75, 3.05) is 7.11 Å². The van der Waals surface area contributed by atoms with Gasteiger partial charge in [0, 0.05) is 12.0 Å². The highest BCUT2D eigenvalue weighted by Crippen LogP contribution is 2.38. The summed E-state index contributed by atoms with van der Waals surface area (Å²) in [7, 11) is 1.29. The van der Waals surface area contributed by atoms with Crippen LogP contribution in [0.3, 0.4) is 0 Å². The van der Waals surface area contributed by atoms with Crippen molar-refractivity contribution in [2.24, 2.45) is 5.73 Å². The number of nitrogens with two attached hydrogens (primary N) is 1. The Bertz CT molecular complexity index is 498. The average Bonchev–Trinajstić information content (AvgIpc) is 3.24.